The van der Waals surface area contributed by atoms with E-state index < -0.39 is 9.84 Å². The van der Waals surface area contributed by atoms with Crippen LogP contribution in [0.25, 0.3) is 0 Å². The van der Waals surface area contributed by atoms with Gasteiger partial charge in [-0.15, -0.1) is 0 Å². The van der Waals surface area contributed by atoms with Crippen LogP contribution < -0.4 is 4.90 Å². The standard InChI is InChI=1S/C12H16BrNO3S/c1-14(11-4-5-18(16,17)8-11)10-3-2-9(7-15)12(13)6-10/h2-3,6,11,15H,4-5,7-8H2,1H3. The fourth-order valence-electron chi connectivity index (χ4n) is 2.18. The van der Waals surface area contributed by atoms with E-state index in [9.17, 15) is 8.42 Å². The van der Waals surface area contributed by atoms with Gasteiger partial charge in [-0.1, -0.05) is 22.0 Å². The highest BCUT2D eigenvalue weighted by molar-refractivity contribution is 9.10. The van der Waals surface area contributed by atoms with Gasteiger partial charge in [-0.3, -0.25) is 0 Å². The third-order valence-corrected chi connectivity index (χ3v) is 5.86. The summed E-state index contributed by atoms with van der Waals surface area (Å²) in [6, 6.07) is 5.71. The van der Waals surface area contributed by atoms with Gasteiger partial charge in [-0.05, 0) is 24.1 Å². The maximum absolute atomic E-state index is 11.5. The zero-order valence-corrected chi connectivity index (χ0v) is 12.5. The number of hydrogen-bond donors (Lipinski definition) is 1. The highest BCUT2D eigenvalue weighted by Crippen LogP contribution is 2.27. The van der Waals surface area contributed by atoms with Crippen LogP contribution in [0.3, 0.4) is 0 Å². The largest absolute Gasteiger partial charge is 0.392 e. The molecule has 1 aromatic rings. The van der Waals surface area contributed by atoms with Gasteiger partial charge in [0.15, 0.2) is 9.84 Å². The van der Waals surface area contributed by atoms with Gasteiger partial charge in [0.25, 0.3) is 0 Å². The Hall–Kier alpha value is -0.590. The molecule has 100 valence electrons. The molecule has 1 aliphatic heterocycles. The van der Waals surface area contributed by atoms with Crippen molar-refractivity contribution in [3.8, 4) is 0 Å². The van der Waals surface area contributed by atoms with Crippen molar-refractivity contribution in [2.45, 2.75) is 19.1 Å². The normalized spacial score (nSPS) is 22.1. The number of aliphatic hydroxyl groups is 1. The van der Waals surface area contributed by atoms with Crippen molar-refractivity contribution in [1.82, 2.24) is 0 Å². The van der Waals surface area contributed by atoms with Crippen LogP contribution in [0.4, 0.5) is 5.69 Å². The highest BCUT2D eigenvalue weighted by Gasteiger charge is 2.30. The lowest BCUT2D eigenvalue weighted by molar-refractivity contribution is 0.281. The highest BCUT2D eigenvalue weighted by atomic mass is 79.9. The Morgan fingerprint density at radius 1 is 1.50 bits per heavy atom. The minimum absolute atomic E-state index is 0.0115. The second-order valence-corrected chi connectivity index (χ2v) is 7.68. The molecule has 2 rings (SSSR count). The number of sulfone groups is 1. The van der Waals surface area contributed by atoms with E-state index in [0.29, 0.717) is 6.42 Å². The van der Waals surface area contributed by atoms with Gasteiger partial charge >= 0.3 is 0 Å². The van der Waals surface area contributed by atoms with Crippen LogP contribution >= 0.6 is 15.9 Å². The summed E-state index contributed by atoms with van der Waals surface area (Å²) in [5.41, 5.74) is 1.78. The summed E-state index contributed by atoms with van der Waals surface area (Å²) in [6.07, 6.45) is 0.679. The lowest BCUT2D eigenvalue weighted by atomic mass is 10.1. The average molecular weight is 334 g/mol. The predicted octanol–water partition coefficient (Wildman–Crippen LogP) is 1.56. The zero-order chi connectivity index (χ0) is 13.3. The molecule has 0 amide bonds. The first kappa shape index (κ1) is 13.8. The molecule has 4 nitrogen and oxygen atoms in total. The number of benzene rings is 1. The van der Waals surface area contributed by atoms with Crippen molar-refractivity contribution in [2.24, 2.45) is 0 Å². The third kappa shape index (κ3) is 2.87. The molecule has 0 saturated carbocycles. The van der Waals surface area contributed by atoms with Gasteiger partial charge in [-0.2, -0.15) is 0 Å². The molecule has 0 spiro atoms. The maximum atomic E-state index is 11.5. The van der Waals surface area contributed by atoms with Crippen LogP contribution in [0.15, 0.2) is 22.7 Å². The van der Waals surface area contributed by atoms with E-state index >= 15 is 0 Å². The average Bonchev–Trinajstić information content (AvgIpc) is 2.68. The molecule has 0 radical (unpaired) electrons. The molecule has 0 aliphatic carbocycles. The van der Waals surface area contributed by atoms with E-state index in [-0.39, 0.29) is 24.2 Å². The monoisotopic (exact) mass is 333 g/mol. The second-order valence-electron chi connectivity index (χ2n) is 4.60. The van der Waals surface area contributed by atoms with Crippen LogP contribution in [0.5, 0.6) is 0 Å². The second kappa shape index (κ2) is 5.19. The van der Waals surface area contributed by atoms with Gasteiger partial charge in [0.1, 0.15) is 0 Å². The molecule has 1 heterocycles. The van der Waals surface area contributed by atoms with Gasteiger partial charge in [-0.25, -0.2) is 8.42 Å². The molecule has 1 N–H and O–H groups in total. The SMILES string of the molecule is CN(c1ccc(CO)c(Br)c1)C1CCS(=O)(=O)C1. The van der Waals surface area contributed by atoms with E-state index in [1.54, 1.807) is 0 Å². The molecule has 0 bridgehead atoms. The van der Waals surface area contributed by atoms with Crippen LogP contribution in [0.1, 0.15) is 12.0 Å². The molecular formula is C12H16BrNO3S. The summed E-state index contributed by atoms with van der Waals surface area (Å²) in [5, 5.41) is 9.11. The molecule has 1 fully saturated rings. The van der Waals surface area contributed by atoms with E-state index in [2.05, 4.69) is 15.9 Å². The molecule has 1 aromatic carbocycles. The summed E-state index contributed by atoms with van der Waals surface area (Å²) >= 11 is 3.40. The number of nitrogens with zero attached hydrogens (tertiary/aromatic N) is 1. The Morgan fingerprint density at radius 2 is 2.22 bits per heavy atom. The number of halogens is 1. The fraction of sp³-hybridized carbons (Fsp3) is 0.500. The summed E-state index contributed by atoms with van der Waals surface area (Å²) in [6.45, 7) is -0.0115. The van der Waals surface area contributed by atoms with Crippen molar-refractivity contribution < 1.29 is 13.5 Å². The number of rotatable bonds is 3. The minimum Gasteiger partial charge on any atom is -0.392 e. The van der Waals surface area contributed by atoms with Crippen molar-refractivity contribution in [3.63, 3.8) is 0 Å². The van der Waals surface area contributed by atoms with Crippen molar-refractivity contribution in [3.05, 3.63) is 28.2 Å². The Bertz CT molecular complexity index is 544. The number of aliphatic hydroxyl groups excluding tert-OH is 1. The van der Waals surface area contributed by atoms with Crippen molar-refractivity contribution in [2.75, 3.05) is 23.5 Å². The first-order chi connectivity index (χ1) is 8.43. The molecule has 18 heavy (non-hydrogen) atoms. The lowest BCUT2D eigenvalue weighted by Gasteiger charge is -2.26. The zero-order valence-electron chi connectivity index (χ0n) is 10.1. The molecule has 1 atom stereocenters. The Morgan fingerprint density at radius 3 is 2.72 bits per heavy atom. The molecule has 1 unspecified atom stereocenters. The van der Waals surface area contributed by atoms with E-state index in [4.69, 9.17) is 5.11 Å². The van der Waals surface area contributed by atoms with Crippen LogP contribution in [0.2, 0.25) is 0 Å². The maximum Gasteiger partial charge on any atom is 0.152 e. The van der Waals surface area contributed by atoms with Gasteiger partial charge < -0.3 is 10.0 Å². The van der Waals surface area contributed by atoms with Crippen LogP contribution in [-0.4, -0.2) is 38.1 Å². The number of hydrogen-bond acceptors (Lipinski definition) is 4. The van der Waals surface area contributed by atoms with E-state index in [0.717, 1.165) is 15.7 Å². The van der Waals surface area contributed by atoms with Gasteiger partial charge in [0, 0.05) is 23.2 Å². The molecular weight excluding hydrogens is 318 g/mol. The third-order valence-electron chi connectivity index (χ3n) is 3.37. The van der Waals surface area contributed by atoms with Crippen molar-refractivity contribution in [1.29, 1.82) is 0 Å². The van der Waals surface area contributed by atoms with E-state index in [1.807, 2.05) is 30.1 Å². The van der Waals surface area contributed by atoms with E-state index in [1.165, 1.54) is 0 Å². The molecule has 6 heteroatoms. The Labute approximate surface area is 116 Å². The molecule has 1 saturated heterocycles. The molecule has 0 aromatic heterocycles. The fourth-order valence-corrected chi connectivity index (χ4v) is 4.44. The topological polar surface area (TPSA) is 57.6 Å². The van der Waals surface area contributed by atoms with Crippen LogP contribution in [-0.2, 0) is 16.4 Å². The quantitative estimate of drug-likeness (QED) is 0.912. The number of anilines is 1. The van der Waals surface area contributed by atoms with Gasteiger partial charge in [0.05, 0.1) is 18.1 Å². The Kier molecular flexibility index (Phi) is 3.99. The first-order valence-electron chi connectivity index (χ1n) is 5.75. The minimum atomic E-state index is -2.86. The summed E-state index contributed by atoms with van der Waals surface area (Å²) in [4.78, 5) is 2.00. The smallest absolute Gasteiger partial charge is 0.152 e. The summed E-state index contributed by atoms with van der Waals surface area (Å²) in [5.74, 6) is 0.501. The predicted molar refractivity (Wildman–Crippen MR) is 75.5 cm³/mol. The Balaban J connectivity index is 2.19. The lowest BCUT2D eigenvalue weighted by Crippen LogP contribution is -2.32. The molecule has 1 aliphatic rings. The van der Waals surface area contributed by atoms with Gasteiger partial charge in [0.2, 0.25) is 0 Å². The summed E-state index contributed by atoms with van der Waals surface area (Å²) < 4.78 is 23.8. The summed E-state index contributed by atoms with van der Waals surface area (Å²) in [7, 11) is -0.956. The first-order valence-corrected chi connectivity index (χ1v) is 8.37. The van der Waals surface area contributed by atoms with Crippen LogP contribution in [0, 0.1) is 0 Å². The van der Waals surface area contributed by atoms with Crippen molar-refractivity contribution >= 4 is 31.5 Å².